The maximum absolute atomic E-state index is 13.0. The van der Waals surface area contributed by atoms with E-state index in [0.29, 0.717) is 54.5 Å². The van der Waals surface area contributed by atoms with Crippen LogP contribution in [-0.2, 0) is 4.79 Å². The van der Waals surface area contributed by atoms with Crippen LogP contribution in [-0.4, -0.2) is 48.3 Å². The first-order valence-corrected chi connectivity index (χ1v) is 11.8. The number of hydrogen-bond acceptors (Lipinski definition) is 3. The molecule has 7 heteroatoms. The number of hydrogen-bond donors (Lipinski definition) is 2. The third-order valence-electron chi connectivity index (χ3n) is 6.05. The quantitative estimate of drug-likeness (QED) is 0.641. The first-order chi connectivity index (χ1) is 15.8. The average Bonchev–Trinajstić information content (AvgIpc) is 2.81. The van der Waals surface area contributed by atoms with Gasteiger partial charge in [-0.25, -0.2) is 0 Å². The molecule has 1 fully saturated rings. The van der Waals surface area contributed by atoms with E-state index in [9.17, 15) is 14.4 Å². The van der Waals surface area contributed by atoms with Gasteiger partial charge in [-0.3, -0.25) is 14.4 Å². The summed E-state index contributed by atoms with van der Waals surface area (Å²) in [6, 6.07) is 13.7. The topological polar surface area (TPSA) is 78.5 Å². The van der Waals surface area contributed by atoms with E-state index >= 15 is 0 Å². The maximum atomic E-state index is 13.0. The highest BCUT2D eigenvalue weighted by atomic mass is 35.5. The van der Waals surface area contributed by atoms with Crippen LogP contribution in [0, 0.1) is 18.8 Å². The fourth-order valence-electron chi connectivity index (χ4n) is 4.10. The lowest BCUT2D eigenvalue weighted by Crippen LogP contribution is -2.54. The predicted octanol–water partition coefficient (Wildman–Crippen LogP) is 4.07. The Balaban J connectivity index is 1.71. The standard InChI is InChI=1S/C26H32ClN3O3/c1-17(2)16-28-25(32)23(29-24(31)21-10-6-7-11-22(21)27)19-12-14-30(15-13-19)26(33)20-9-5-4-8-18(20)3/h4-11,17,19,23H,12-16H2,1-3H3,(H,28,32)(H,29,31)/t23-/m0/s1. The van der Waals surface area contributed by atoms with Gasteiger partial charge in [0.2, 0.25) is 5.91 Å². The first-order valence-electron chi connectivity index (χ1n) is 11.5. The molecule has 6 nitrogen and oxygen atoms in total. The molecule has 1 aliphatic heterocycles. The van der Waals surface area contributed by atoms with Gasteiger partial charge in [0.25, 0.3) is 11.8 Å². The fraction of sp³-hybridized carbons (Fsp3) is 0.423. The van der Waals surface area contributed by atoms with Crippen LogP contribution < -0.4 is 10.6 Å². The van der Waals surface area contributed by atoms with Crippen molar-refractivity contribution in [2.75, 3.05) is 19.6 Å². The zero-order valence-corrected chi connectivity index (χ0v) is 20.2. The highest BCUT2D eigenvalue weighted by Crippen LogP contribution is 2.24. The monoisotopic (exact) mass is 469 g/mol. The first kappa shape index (κ1) is 24.8. The van der Waals surface area contributed by atoms with Gasteiger partial charge in [0.15, 0.2) is 0 Å². The van der Waals surface area contributed by atoms with Crippen molar-refractivity contribution >= 4 is 29.3 Å². The number of nitrogens with zero attached hydrogens (tertiary/aromatic N) is 1. The summed E-state index contributed by atoms with van der Waals surface area (Å²) in [6.45, 7) is 7.57. The summed E-state index contributed by atoms with van der Waals surface area (Å²) < 4.78 is 0. The summed E-state index contributed by atoms with van der Waals surface area (Å²) in [6.07, 6.45) is 1.25. The molecule has 0 radical (unpaired) electrons. The van der Waals surface area contributed by atoms with Gasteiger partial charge in [0.05, 0.1) is 10.6 Å². The van der Waals surface area contributed by atoms with Gasteiger partial charge in [0, 0.05) is 25.2 Å². The largest absolute Gasteiger partial charge is 0.354 e. The van der Waals surface area contributed by atoms with Gasteiger partial charge >= 0.3 is 0 Å². The van der Waals surface area contributed by atoms with Crippen LogP contribution in [0.2, 0.25) is 5.02 Å². The molecular weight excluding hydrogens is 438 g/mol. The molecule has 0 aliphatic carbocycles. The van der Waals surface area contributed by atoms with Crippen molar-refractivity contribution in [1.82, 2.24) is 15.5 Å². The molecule has 2 aromatic rings. The number of amides is 3. The lowest BCUT2D eigenvalue weighted by molar-refractivity contribution is -0.124. The van der Waals surface area contributed by atoms with E-state index in [1.807, 2.05) is 49.9 Å². The number of piperidine rings is 1. The Bertz CT molecular complexity index is 1000. The number of carbonyl (C=O) groups is 3. The summed E-state index contributed by atoms with van der Waals surface area (Å²) in [4.78, 5) is 40.8. The predicted molar refractivity (Wildman–Crippen MR) is 130 cm³/mol. The second kappa shape index (κ2) is 11.3. The molecule has 0 aromatic heterocycles. The van der Waals surface area contributed by atoms with Crippen molar-refractivity contribution in [1.29, 1.82) is 0 Å². The molecule has 0 bridgehead atoms. The molecule has 1 atom stereocenters. The SMILES string of the molecule is Cc1ccccc1C(=O)N1CCC([C@H](NC(=O)c2ccccc2Cl)C(=O)NCC(C)C)CC1. The molecule has 2 N–H and O–H groups in total. The molecule has 33 heavy (non-hydrogen) atoms. The third-order valence-corrected chi connectivity index (χ3v) is 6.38. The van der Waals surface area contributed by atoms with E-state index in [2.05, 4.69) is 10.6 Å². The van der Waals surface area contributed by atoms with Gasteiger partial charge in [-0.05, 0) is 55.4 Å². The molecule has 0 unspecified atom stereocenters. The number of rotatable bonds is 7. The van der Waals surface area contributed by atoms with Crippen LogP contribution in [0.25, 0.3) is 0 Å². The Morgan fingerprint density at radius 2 is 1.61 bits per heavy atom. The normalized spacial score (nSPS) is 15.2. The highest BCUT2D eigenvalue weighted by Gasteiger charge is 2.34. The van der Waals surface area contributed by atoms with Gasteiger partial charge < -0.3 is 15.5 Å². The van der Waals surface area contributed by atoms with Gasteiger partial charge in [-0.1, -0.05) is 55.8 Å². The highest BCUT2D eigenvalue weighted by molar-refractivity contribution is 6.33. The van der Waals surface area contributed by atoms with E-state index < -0.39 is 6.04 Å². The Morgan fingerprint density at radius 3 is 2.21 bits per heavy atom. The van der Waals surface area contributed by atoms with Crippen molar-refractivity contribution in [2.24, 2.45) is 11.8 Å². The minimum absolute atomic E-state index is 0.00691. The Labute approximate surface area is 200 Å². The number of halogens is 1. The Kier molecular flexibility index (Phi) is 8.50. The number of aryl methyl sites for hydroxylation is 1. The zero-order chi connectivity index (χ0) is 24.0. The van der Waals surface area contributed by atoms with Crippen LogP contribution in [0.3, 0.4) is 0 Å². The van der Waals surface area contributed by atoms with Crippen LogP contribution in [0.5, 0.6) is 0 Å². The smallest absolute Gasteiger partial charge is 0.254 e. The van der Waals surface area contributed by atoms with Crippen LogP contribution >= 0.6 is 11.6 Å². The molecule has 1 aliphatic rings. The number of likely N-dealkylation sites (tertiary alicyclic amines) is 1. The molecule has 0 saturated carbocycles. The lowest BCUT2D eigenvalue weighted by atomic mass is 9.88. The summed E-state index contributed by atoms with van der Waals surface area (Å²) in [5, 5.41) is 6.21. The molecule has 0 spiro atoms. The van der Waals surface area contributed by atoms with E-state index in [1.165, 1.54) is 0 Å². The van der Waals surface area contributed by atoms with E-state index in [4.69, 9.17) is 11.6 Å². The second-order valence-electron chi connectivity index (χ2n) is 9.01. The molecule has 1 heterocycles. The van der Waals surface area contributed by atoms with Crippen LogP contribution in [0.1, 0.15) is 53.0 Å². The minimum atomic E-state index is -0.691. The molecule has 176 valence electrons. The number of benzene rings is 2. The number of nitrogens with one attached hydrogen (secondary N) is 2. The summed E-state index contributed by atoms with van der Waals surface area (Å²) >= 11 is 6.19. The lowest BCUT2D eigenvalue weighted by Gasteiger charge is -2.36. The second-order valence-corrected chi connectivity index (χ2v) is 9.42. The van der Waals surface area contributed by atoms with Crippen LogP contribution in [0.4, 0.5) is 0 Å². The molecule has 1 saturated heterocycles. The van der Waals surface area contributed by atoms with Gasteiger partial charge in [0.1, 0.15) is 6.04 Å². The van der Waals surface area contributed by atoms with Crippen LogP contribution in [0.15, 0.2) is 48.5 Å². The summed E-state index contributed by atoms with van der Waals surface area (Å²) in [5.41, 5.74) is 1.99. The van der Waals surface area contributed by atoms with Crippen molar-refractivity contribution in [3.63, 3.8) is 0 Å². The molecule has 3 rings (SSSR count). The van der Waals surface area contributed by atoms with Crippen molar-refractivity contribution in [3.05, 3.63) is 70.2 Å². The average molecular weight is 470 g/mol. The zero-order valence-electron chi connectivity index (χ0n) is 19.4. The van der Waals surface area contributed by atoms with Crippen molar-refractivity contribution < 1.29 is 14.4 Å². The maximum Gasteiger partial charge on any atom is 0.254 e. The van der Waals surface area contributed by atoms with E-state index in [1.54, 1.807) is 24.3 Å². The Hall–Kier alpha value is -2.86. The fourth-order valence-corrected chi connectivity index (χ4v) is 4.32. The molecule has 2 aromatic carbocycles. The van der Waals surface area contributed by atoms with E-state index in [0.717, 1.165) is 5.56 Å². The third kappa shape index (κ3) is 6.35. The molecular formula is C26H32ClN3O3. The Morgan fingerprint density at radius 1 is 1.00 bits per heavy atom. The molecule has 3 amide bonds. The van der Waals surface area contributed by atoms with Crippen molar-refractivity contribution in [2.45, 2.75) is 39.7 Å². The van der Waals surface area contributed by atoms with Crippen molar-refractivity contribution in [3.8, 4) is 0 Å². The minimum Gasteiger partial charge on any atom is -0.354 e. The summed E-state index contributed by atoms with van der Waals surface area (Å²) in [7, 11) is 0. The van der Waals surface area contributed by atoms with Gasteiger partial charge in [-0.15, -0.1) is 0 Å². The van der Waals surface area contributed by atoms with Gasteiger partial charge in [-0.2, -0.15) is 0 Å². The summed E-state index contributed by atoms with van der Waals surface area (Å²) in [5.74, 6) is -0.351. The number of carbonyl (C=O) groups excluding carboxylic acids is 3. The van der Waals surface area contributed by atoms with E-state index in [-0.39, 0.29) is 23.6 Å².